The number of carbonyl (C=O) groups excluding carboxylic acids is 1. The fourth-order valence-electron chi connectivity index (χ4n) is 3.37. The molecule has 0 unspecified atom stereocenters. The van der Waals surface area contributed by atoms with Crippen LogP contribution in [0.3, 0.4) is 0 Å². The molecule has 2 heterocycles. The summed E-state index contributed by atoms with van der Waals surface area (Å²) in [4.78, 5) is 16.4. The van der Waals surface area contributed by atoms with Crippen molar-refractivity contribution in [2.45, 2.75) is 12.7 Å². The number of anilines is 2. The molecule has 34 heavy (non-hydrogen) atoms. The molecule has 2 amide bonds. The topological polar surface area (TPSA) is 92.1 Å². The van der Waals surface area contributed by atoms with Crippen LogP contribution in [0.15, 0.2) is 79.3 Å². The summed E-state index contributed by atoms with van der Waals surface area (Å²) in [7, 11) is 0. The lowest BCUT2D eigenvalue weighted by molar-refractivity contribution is -0.137. The molecule has 0 aliphatic carbocycles. The third-order valence-corrected chi connectivity index (χ3v) is 4.95. The predicted octanol–water partition coefficient (Wildman–Crippen LogP) is 5.27. The minimum absolute atomic E-state index is 0.0668. The Morgan fingerprint density at radius 3 is 2.32 bits per heavy atom. The van der Waals surface area contributed by atoms with Crippen LogP contribution >= 0.6 is 0 Å². The fraction of sp³-hybridized carbons (Fsp3) is 0.125. The number of nitrogens with zero attached hydrogens (tertiary/aromatic N) is 3. The molecule has 0 saturated heterocycles. The van der Waals surface area contributed by atoms with Gasteiger partial charge in [-0.1, -0.05) is 12.1 Å². The molecule has 3 N–H and O–H groups in total. The van der Waals surface area contributed by atoms with Crippen LogP contribution in [0.5, 0.6) is 0 Å². The van der Waals surface area contributed by atoms with E-state index in [4.69, 9.17) is 0 Å². The maximum absolute atomic E-state index is 12.7. The van der Waals surface area contributed by atoms with E-state index in [1.165, 1.54) is 12.1 Å². The van der Waals surface area contributed by atoms with Gasteiger partial charge < -0.3 is 15.7 Å². The first-order chi connectivity index (χ1) is 16.3. The molecule has 4 rings (SSSR count). The van der Waals surface area contributed by atoms with Gasteiger partial charge in [0.1, 0.15) is 5.69 Å². The van der Waals surface area contributed by atoms with Crippen molar-refractivity contribution in [2.75, 3.05) is 17.2 Å². The van der Waals surface area contributed by atoms with Crippen molar-refractivity contribution >= 4 is 17.4 Å². The zero-order chi connectivity index (χ0) is 24.1. The Bertz CT molecular complexity index is 1270. The van der Waals surface area contributed by atoms with Crippen LogP contribution in [0.4, 0.5) is 29.3 Å². The third kappa shape index (κ3) is 5.41. The van der Waals surface area contributed by atoms with E-state index in [-0.39, 0.29) is 12.3 Å². The number of amides is 2. The lowest BCUT2D eigenvalue weighted by Crippen LogP contribution is -2.19. The summed E-state index contributed by atoms with van der Waals surface area (Å²) in [5.74, 6) is 0. The van der Waals surface area contributed by atoms with Gasteiger partial charge in [0.15, 0.2) is 0 Å². The number of rotatable bonds is 6. The number of hydrogen-bond donors (Lipinski definition) is 3. The van der Waals surface area contributed by atoms with Crippen molar-refractivity contribution in [3.8, 4) is 22.4 Å². The summed E-state index contributed by atoms with van der Waals surface area (Å²) in [6.45, 7) is 0.258. The van der Waals surface area contributed by atoms with Crippen molar-refractivity contribution in [3.63, 3.8) is 0 Å². The first kappa shape index (κ1) is 23.0. The van der Waals surface area contributed by atoms with Crippen molar-refractivity contribution in [2.24, 2.45) is 0 Å². The van der Waals surface area contributed by atoms with Gasteiger partial charge in [0.25, 0.3) is 0 Å². The zero-order valence-corrected chi connectivity index (χ0v) is 17.8. The first-order valence-electron chi connectivity index (χ1n) is 10.3. The molecular formula is C24H20F3N5O2. The number of aromatic nitrogens is 3. The molecular weight excluding hydrogens is 447 g/mol. The van der Waals surface area contributed by atoms with Gasteiger partial charge in [-0.2, -0.15) is 18.3 Å². The van der Waals surface area contributed by atoms with Gasteiger partial charge >= 0.3 is 12.2 Å². The fourth-order valence-corrected chi connectivity index (χ4v) is 3.37. The van der Waals surface area contributed by atoms with E-state index < -0.39 is 17.8 Å². The van der Waals surface area contributed by atoms with E-state index in [0.29, 0.717) is 17.9 Å². The molecule has 0 spiro atoms. The van der Waals surface area contributed by atoms with Crippen LogP contribution in [0.25, 0.3) is 22.4 Å². The van der Waals surface area contributed by atoms with E-state index >= 15 is 0 Å². The van der Waals surface area contributed by atoms with Gasteiger partial charge in [-0.15, -0.1) is 0 Å². The van der Waals surface area contributed by atoms with Crippen molar-refractivity contribution in [1.29, 1.82) is 0 Å². The smallest absolute Gasteiger partial charge is 0.394 e. The normalized spacial score (nSPS) is 11.3. The van der Waals surface area contributed by atoms with Crippen molar-refractivity contribution in [3.05, 3.63) is 84.8 Å². The molecule has 0 aliphatic heterocycles. The molecule has 2 aromatic heterocycles. The summed E-state index contributed by atoms with van der Waals surface area (Å²) in [5.41, 5.74) is 3.03. The number of carbonyl (C=O) groups is 1. The van der Waals surface area contributed by atoms with E-state index in [2.05, 4.69) is 20.7 Å². The summed E-state index contributed by atoms with van der Waals surface area (Å²) in [6, 6.07) is 14.3. The van der Waals surface area contributed by atoms with E-state index in [9.17, 15) is 23.1 Å². The third-order valence-electron chi connectivity index (χ3n) is 4.95. The monoisotopic (exact) mass is 467 g/mol. The molecule has 0 fully saturated rings. The lowest BCUT2D eigenvalue weighted by atomic mass is 10.0. The zero-order valence-electron chi connectivity index (χ0n) is 17.8. The SMILES string of the molecule is O=C(Nc1ccc(C(F)(F)F)cc1)Nc1cccc(-c2nn(CCO)cc2-c2ccncc2)c1. The Hall–Kier alpha value is -4.18. The maximum Gasteiger partial charge on any atom is 0.416 e. The van der Waals surface area contributed by atoms with Crippen LogP contribution < -0.4 is 10.6 Å². The molecule has 0 radical (unpaired) electrons. The minimum atomic E-state index is -4.44. The Balaban J connectivity index is 1.54. The minimum Gasteiger partial charge on any atom is -0.394 e. The molecule has 0 saturated carbocycles. The average molecular weight is 467 g/mol. The highest BCUT2D eigenvalue weighted by Crippen LogP contribution is 2.32. The van der Waals surface area contributed by atoms with Gasteiger partial charge in [0.2, 0.25) is 0 Å². The Labute approximate surface area is 192 Å². The van der Waals surface area contributed by atoms with Gasteiger partial charge in [0, 0.05) is 41.1 Å². The molecule has 4 aromatic rings. The summed E-state index contributed by atoms with van der Waals surface area (Å²) in [6.07, 6.45) is 0.733. The van der Waals surface area contributed by atoms with Gasteiger partial charge in [0.05, 0.1) is 18.7 Å². The number of urea groups is 1. The van der Waals surface area contributed by atoms with Gasteiger partial charge in [-0.05, 0) is 54.1 Å². The van der Waals surface area contributed by atoms with E-state index in [1.54, 1.807) is 35.3 Å². The molecule has 0 bridgehead atoms. The van der Waals surface area contributed by atoms with E-state index in [0.717, 1.165) is 28.8 Å². The van der Waals surface area contributed by atoms with Gasteiger partial charge in [-0.25, -0.2) is 4.79 Å². The Kier molecular flexibility index (Phi) is 6.60. The number of halogens is 3. The highest BCUT2D eigenvalue weighted by atomic mass is 19.4. The molecule has 174 valence electrons. The first-order valence-corrected chi connectivity index (χ1v) is 10.3. The Morgan fingerprint density at radius 2 is 1.65 bits per heavy atom. The highest BCUT2D eigenvalue weighted by Gasteiger charge is 2.30. The molecule has 7 nitrogen and oxygen atoms in total. The number of aliphatic hydroxyl groups excluding tert-OH is 1. The number of aliphatic hydroxyl groups is 1. The number of pyridine rings is 1. The standard InChI is InChI=1S/C24H20F3N5O2/c25-24(26,27)18-4-6-19(7-5-18)29-23(34)30-20-3-1-2-17(14-20)22-21(15-32(31-22)12-13-33)16-8-10-28-11-9-16/h1-11,14-15,33H,12-13H2,(H2,29,30,34). The molecule has 0 aliphatic rings. The quantitative estimate of drug-likeness (QED) is 0.360. The van der Waals surface area contributed by atoms with Gasteiger partial charge in [-0.3, -0.25) is 9.67 Å². The van der Waals surface area contributed by atoms with Crippen LogP contribution in [-0.2, 0) is 12.7 Å². The second kappa shape index (κ2) is 9.75. The molecule has 10 heteroatoms. The van der Waals surface area contributed by atoms with Crippen LogP contribution in [0.2, 0.25) is 0 Å². The second-order valence-electron chi connectivity index (χ2n) is 7.35. The van der Waals surface area contributed by atoms with Crippen LogP contribution in [0, 0.1) is 0 Å². The molecule has 2 aromatic carbocycles. The largest absolute Gasteiger partial charge is 0.416 e. The summed E-state index contributed by atoms with van der Waals surface area (Å²) < 4.78 is 39.8. The van der Waals surface area contributed by atoms with Crippen LogP contribution in [0.1, 0.15) is 5.56 Å². The highest BCUT2D eigenvalue weighted by molar-refractivity contribution is 6.00. The average Bonchev–Trinajstić information content (AvgIpc) is 3.24. The maximum atomic E-state index is 12.7. The number of benzene rings is 2. The number of alkyl halides is 3. The number of hydrogen-bond acceptors (Lipinski definition) is 4. The Morgan fingerprint density at radius 1 is 0.941 bits per heavy atom. The summed E-state index contributed by atoms with van der Waals surface area (Å²) >= 11 is 0. The van der Waals surface area contributed by atoms with Crippen molar-refractivity contribution in [1.82, 2.24) is 14.8 Å². The number of nitrogens with one attached hydrogen (secondary N) is 2. The lowest BCUT2D eigenvalue weighted by Gasteiger charge is -2.11. The predicted molar refractivity (Wildman–Crippen MR) is 122 cm³/mol. The van der Waals surface area contributed by atoms with Crippen molar-refractivity contribution < 1.29 is 23.1 Å². The summed E-state index contributed by atoms with van der Waals surface area (Å²) in [5, 5.41) is 19.1. The second-order valence-corrected chi connectivity index (χ2v) is 7.35. The van der Waals surface area contributed by atoms with E-state index in [1.807, 2.05) is 24.4 Å². The van der Waals surface area contributed by atoms with Crippen LogP contribution in [-0.4, -0.2) is 32.5 Å². The molecule has 0 atom stereocenters.